The van der Waals surface area contributed by atoms with Crippen molar-refractivity contribution < 1.29 is 4.42 Å². The van der Waals surface area contributed by atoms with Crippen LogP contribution in [0, 0.1) is 0 Å². The molecular formula is C51H36N4O. The van der Waals surface area contributed by atoms with Gasteiger partial charge in [0, 0.05) is 50.5 Å². The van der Waals surface area contributed by atoms with Crippen molar-refractivity contribution in [2.24, 2.45) is 0 Å². The van der Waals surface area contributed by atoms with Gasteiger partial charge in [-0.2, -0.15) is 0 Å². The van der Waals surface area contributed by atoms with Crippen LogP contribution in [0.3, 0.4) is 0 Å². The van der Waals surface area contributed by atoms with Crippen molar-refractivity contribution in [1.29, 1.82) is 0 Å². The van der Waals surface area contributed by atoms with Crippen molar-refractivity contribution in [1.82, 2.24) is 15.0 Å². The molecule has 5 nitrogen and oxygen atoms in total. The highest BCUT2D eigenvalue weighted by molar-refractivity contribution is 6.06. The Hall–Kier alpha value is -7.37. The van der Waals surface area contributed by atoms with E-state index in [1.54, 1.807) is 0 Å². The standard InChI is InChI=1S/C51H36N4O/c1-5-14-35(15-6-1)36-24-28-43(29-25-36)55(42-21-11-4-12-22-42)44-23-13-20-39(32-44)40-27-31-47-46(33-40)45-30-26-41(34-48(45)56-47)51-53-49(37-16-7-2-8-17-37)52-50(54-51)38-18-9-3-10-19-38/h1-19,21-34,39H,20H2. The highest BCUT2D eigenvalue weighted by atomic mass is 16.3. The van der Waals surface area contributed by atoms with Gasteiger partial charge in [0.15, 0.2) is 17.5 Å². The summed E-state index contributed by atoms with van der Waals surface area (Å²) in [6.07, 6.45) is 7.85. The van der Waals surface area contributed by atoms with Crippen molar-refractivity contribution >= 4 is 33.3 Å². The zero-order chi connectivity index (χ0) is 37.3. The number of nitrogens with zero attached hydrogens (tertiary/aromatic N) is 4. The third-order valence-electron chi connectivity index (χ3n) is 10.4. The van der Waals surface area contributed by atoms with Crippen LogP contribution in [-0.2, 0) is 0 Å². The maximum Gasteiger partial charge on any atom is 0.164 e. The van der Waals surface area contributed by atoms with Gasteiger partial charge in [0.05, 0.1) is 0 Å². The van der Waals surface area contributed by atoms with E-state index in [1.165, 1.54) is 16.7 Å². The second kappa shape index (κ2) is 14.5. The number of aromatic nitrogens is 3. The van der Waals surface area contributed by atoms with Crippen LogP contribution in [0.1, 0.15) is 17.9 Å². The number of benzene rings is 7. The molecule has 2 aromatic heterocycles. The Kier molecular flexibility index (Phi) is 8.58. The van der Waals surface area contributed by atoms with Crippen molar-refractivity contribution in [3.8, 4) is 45.3 Å². The van der Waals surface area contributed by atoms with Gasteiger partial charge in [0.2, 0.25) is 0 Å². The summed E-state index contributed by atoms with van der Waals surface area (Å²) >= 11 is 0. The Balaban J connectivity index is 0.997. The number of anilines is 2. The minimum absolute atomic E-state index is 0.191. The average Bonchev–Trinajstić information content (AvgIpc) is 3.65. The lowest BCUT2D eigenvalue weighted by Crippen LogP contribution is -2.17. The lowest BCUT2D eigenvalue weighted by molar-refractivity contribution is 0.668. The van der Waals surface area contributed by atoms with Crippen LogP contribution in [-0.4, -0.2) is 15.0 Å². The molecule has 10 rings (SSSR count). The van der Waals surface area contributed by atoms with E-state index in [2.05, 4.69) is 144 Å². The SMILES string of the molecule is C1=CC(N(c2ccccc2)c2ccc(-c3ccccc3)cc2)=CC(c2ccc3oc4cc(-c5nc(-c6ccccc6)nc(-c6ccccc6)n5)ccc4c3c2)C1. The predicted octanol–water partition coefficient (Wildman–Crippen LogP) is 13.2. The predicted molar refractivity (Wildman–Crippen MR) is 228 cm³/mol. The van der Waals surface area contributed by atoms with Gasteiger partial charge in [-0.25, -0.2) is 15.0 Å². The molecule has 0 N–H and O–H groups in total. The number of hydrogen-bond acceptors (Lipinski definition) is 5. The first kappa shape index (κ1) is 33.2. The van der Waals surface area contributed by atoms with Crippen molar-refractivity contribution in [3.63, 3.8) is 0 Å². The molecule has 7 aromatic carbocycles. The molecule has 266 valence electrons. The molecule has 0 bridgehead atoms. The molecule has 9 aromatic rings. The minimum atomic E-state index is 0.191. The summed E-state index contributed by atoms with van der Waals surface area (Å²) in [5, 5.41) is 2.15. The van der Waals surface area contributed by atoms with Crippen LogP contribution in [0.4, 0.5) is 11.4 Å². The van der Waals surface area contributed by atoms with E-state index in [0.717, 1.165) is 62.1 Å². The van der Waals surface area contributed by atoms with E-state index in [1.807, 2.05) is 60.7 Å². The Morgan fingerprint density at radius 2 is 0.982 bits per heavy atom. The molecular weight excluding hydrogens is 685 g/mol. The molecule has 5 heteroatoms. The summed E-state index contributed by atoms with van der Waals surface area (Å²) in [4.78, 5) is 17.1. The minimum Gasteiger partial charge on any atom is -0.456 e. The van der Waals surface area contributed by atoms with Gasteiger partial charge < -0.3 is 9.32 Å². The number of fused-ring (bicyclic) bond motifs is 3. The summed E-state index contributed by atoms with van der Waals surface area (Å²) in [5.41, 5.74) is 11.4. The Labute approximate surface area is 325 Å². The molecule has 0 amide bonds. The maximum atomic E-state index is 6.49. The normalized spacial score (nSPS) is 13.9. The van der Waals surface area contributed by atoms with E-state index >= 15 is 0 Å². The molecule has 0 aliphatic heterocycles. The van der Waals surface area contributed by atoms with Gasteiger partial charge in [-0.3, -0.25) is 0 Å². The summed E-state index contributed by atoms with van der Waals surface area (Å²) in [6.45, 7) is 0. The van der Waals surface area contributed by atoms with Crippen molar-refractivity contribution in [2.75, 3.05) is 4.90 Å². The molecule has 1 unspecified atom stereocenters. The fourth-order valence-electron chi connectivity index (χ4n) is 7.61. The third kappa shape index (κ3) is 6.46. The van der Waals surface area contributed by atoms with Crippen LogP contribution < -0.4 is 4.90 Å². The summed E-state index contributed by atoms with van der Waals surface area (Å²) in [6, 6.07) is 62.9. The number of para-hydroxylation sites is 1. The molecule has 0 fully saturated rings. The highest BCUT2D eigenvalue weighted by Gasteiger charge is 2.21. The highest BCUT2D eigenvalue weighted by Crippen LogP contribution is 2.39. The van der Waals surface area contributed by atoms with Crippen molar-refractivity contribution in [2.45, 2.75) is 12.3 Å². The van der Waals surface area contributed by atoms with E-state index in [-0.39, 0.29) is 5.92 Å². The number of furan rings is 1. The molecule has 1 aliphatic carbocycles. The van der Waals surface area contributed by atoms with E-state index in [0.29, 0.717) is 17.5 Å². The first-order chi connectivity index (χ1) is 27.7. The van der Waals surface area contributed by atoms with E-state index in [4.69, 9.17) is 19.4 Å². The van der Waals surface area contributed by atoms with Crippen LogP contribution >= 0.6 is 0 Å². The first-order valence-electron chi connectivity index (χ1n) is 19.0. The van der Waals surface area contributed by atoms with E-state index in [9.17, 15) is 0 Å². The molecule has 0 saturated heterocycles. The molecule has 2 heterocycles. The van der Waals surface area contributed by atoms with Gasteiger partial charge in [0.25, 0.3) is 0 Å². The largest absolute Gasteiger partial charge is 0.456 e. The van der Waals surface area contributed by atoms with Crippen LogP contribution in [0.25, 0.3) is 67.2 Å². The molecule has 1 aliphatic rings. The van der Waals surface area contributed by atoms with Crippen LogP contribution in [0.5, 0.6) is 0 Å². The third-order valence-corrected chi connectivity index (χ3v) is 10.4. The van der Waals surface area contributed by atoms with Crippen molar-refractivity contribution in [3.05, 3.63) is 211 Å². The molecule has 56 heavy (non-hydrogen) atoms. The second-order valence-corrected chi connectivity index (χ2v) is 14.0. The Bertz CT molecular complexity index is 2810. The molecule has 0 spiro atoms. The summed E-state index contributed by atoms with van der Waals surface area (Å²) in [5.74, 6) is 2.06. The summed E-state index contributed by atoms with van der Waals surface area (Å²) in [7, 11) is 0. The number of allylic oxidation sites excluding steroid dienone is 3. The number of rotatable bonds is 8. The number of hydrogen-bond donors (Lipinski definition) is 0. The monoisotopic (exact) mass is 720 g/mol. The molecule has 0 saturated carbocycles. The quantitative estimate of drug-likeness (QED) is 0.156. The lowest BCUT2D eigenvalue weighted by Gasteiger charge is -2.29. The zero-order valence-corrected chi connectivity index (χ0v) is 30.5. The van der Waals surface area contributed by atoms with Crippen LogP contribution in [0.2, 0.25) is 0 Å². The average molecular weight is 721 g/mol. The second-order valence-electron chi connectivity index (χ2n) is 14.0. The lowest BCUT2D eigenvalue weighted by atomic mass is 9.90. The van der Waals surface area contributed by atoms with Gasteiger partial charge in [-0.1, -0.05) is 146 Å². The van der Waals surface area contributed by atoms with Gasteiger partial charge in [-0.05, 0) is 77.7 Å². The topological polar surface area (TPSA) is 55.1 Å². The summed E-state index contributed by atoms with van der Waals surface area (Å²) < 4.78 is 6.49. The fraction of sp³-hybridized carbons (Fsp3) is 0.0392. The Morgan fingerprint density at radius 1 is 0.446 bits per heavy atom. The van der Waals surface area contributed by atoms with Gasteiger partial charge in [-0.15, -0.1) is 0 Å². The van der Waals surface area contributed by atoms with Gasteiger partial charge >= 0.3 is 0 Å². The fourth-order valence-corrected chi connectivity index (χ4v) is 7.61. The van der Waals surface area contributed by atoms with E-state index < -0.39 is 0 Å². The maximum absolute atomic E-state index is 6.49. The zero-order valence-electron chi connectivity index (χ0n) is 30.5. The molecule has 0 radical (unpaired) electrons. The van der Waals surface area contributed by atoms with Gasteiger partial charge in [0.1, 0.15) is 11.2 Å². The molecule has 1 atom stereocenters. The first-order valence-corrected chi connectivity index (χ1v) is 19.0. The Morgan fingerprint density at radius 3 is 1.62 bits per heavy atom. The van der Waals surface area contributed by atoms with Crippen LogP contribution in [0.15, 0.2) is 210 Å². The smallest absolute Gasteiger partial charge is 0.164 e.